The molecule has 2 nitrogen and oxygen atoms in total. The van der Waals surface area contributed by atoms with Gasteiger partial charge in [0.15, 0.2) is 0 Å². The molecule has 0 fully saturated rings. The molecule has 1 aromatic carbocycles. The summed E-state index contributed by atoms with van der Waals surface area (Å²) in [5.41, 5.74) is 1.23. The van der Waals surface area contributed by atoms with E-state index in [1.165, 1.54) is 24.8 Å². The Morgan fingerprint density at radius 1 is 1.11 bits per heavy atom. The number of hydrogen-bond donors (Lipinski definition) is 1. The first kappa shape index (κ1) is 16.7. The molecule has 3 heteroatoms. The lowest BCUT2D eigenvalue weighted by Crippen LogP contribution is -2.23. The second-order valence-electron chi connectivity index (χ2n) is 5.17. The fourth-order valence-electron chi connectivity index (χ4n) is 1.87. The van der Waals surface area contributed by atoms with E-state index in [9.17, 15) is 0 Å². The largest absolute Gasteiger partial charge is 0.377 e. The molecule has 0 heterocycles. The molecular formula is C16H26BrNO. The third-order valence-corrected chi connectivity index (χ3v) is 3.76. The molecular weight excluding hydrogens is 302 g/mol. The van der Waals surface area contributed by atoms with Crippen LogP contribution in [0.5, 0.6) is 0 Å². The van der Waals surface area contributed by atoms with E-state index in [1.54, 1.807) is 0 Å². The topological polar surface area (TPSA) is 21.3 Å². The van der Waals surface area contributed by atoms with Crippen LogP contribution in [0.1, 0.15) is 45.1 Å². The molecule has 0 radical (unpaired) electrons. The van der Waals surface area contributed by atoms with E-state index in [0.717, 1.165) is 24.0 Å². The van der Waals surface area contributed by atoms with Crippen LogP contribution in [-0.2, 0) is 11.3 Å². The van der Waals surface area contributed by atoms with E-state index in [0.29, 0.717) is 12.6 Å². The van der Waals surface area contributed by atoms with E-state index in [1.807, 2.05) is 12.1 Å². The van der Waals surface area contributed by atoms with Crippen LogP contribution in [0.4, 0.5) is 0 Å². The monoisotopic (exact) mass is 327 g/mol. The molecule has 108 valence electrons. The predicted molar refractivity (Wildman–Crippen MR) is 85.4 cm³/mol. The van der Waals surface area contributed by atoms with Crippen LogP contribution in [0.25, 0.3) is 0 Å². The van der Waals surface area contributed by atoms with Crippen LogP contribution < -0.4 is 5.32 Å². The second-order valence-corrected chi connectivity index (χ2v) is 6.02. The van der Waals surface area contributed by atoms with E-state index < -0.39 is 0 Å². The molecule has 0 saturated carbocycles. The first-order valence-electron chi connectivity index (χ1n) is 7.24. The van der Waals surface area contributed by atoms with Crippen LogP contribution in [-0.4, -0.2) is 19.2 Å². The highest BCUT2D eigenvalue weighted by atomic mass is 79.9. The zero-order valence-electron chi connectivity index (χ0n) is 12.1. The van der Waals surface area contributed by atoms with Crippen molar-refractivity contribution < 1.29 is 4.74 Å². The fraction of sp³-hybridized carbons (Fsp3) is 0.625. The molecule has 0 atom stereocenters. The van der Waals surface area contributed by atoms with Crippen molar-refractivity contribution in [3.63, 3.8) is 0 Å². The van der Waals surface area contributed by atoms with Gasteiger partial charge < -0.3 is 10.1 Å². The number of rotatable bonds is 10. The quantitative estimate of drug-likeness (QED) is 0.638. The summed E-state index contributed by atoms with van der Waals surface area (Å²) in [6.07, 6.45) is 4.97. The van der Waals surface area contributed by atoms with Crippen molar-refractivity contribution in [2.45, 2.75) is 52.2 Å². The van der Waals surface area contributed by atoms with Crippen molar-refractivity contribution in [2.75, 3.05) is 13.2 Å². The lowest BCUT2D eigenvalue weighted by molar-refractivity contribution is 0.116. The van der Waals surface area contributed by atoms with Gasteiger partial charge in [-0.1, -0.05) is 60.8 Å². The van der Waals surface area contributed by atoms with Crippen LogP contribution >= 0.6 is 15.9 Å². The summed E-state index contributed by atoms with van der Waals surface area (Å²) < 4.78 is 6.83. The average molecular weight is 328 g/mol. The highest BCUT2D eigenvalue weighted by Crippen LogP contribution is 2.16. The number of benzene rings is 1. The van der Waals surface area contributed by atoms with Crippen LogP contribution in [0.2, 0.25) is 0 Å². The molecule has 0 amide bonds. The first-order chi connectivity index (χ1) is 9.20. The van der Waals surface area contributed by atoms with Gasteiger partial charge in [-0.3, -0.25) is 0 Å². The lowest BCUT2D eigenvalue weighted by atomic mass is 10.2. The molecule has 0 unspecified atom stereocenters. The maximum absolute atomic E-state index is 5.70. The summed E-state index contributed by atoms with van der Waals surface area (Å²) in [6.45, 7) is 7.08. The number of ether oxygens (including phenoxy) is 1. The number of halogens is 1. The van der Waals surface area contributed by atoms with Crippen molar-refractivity contribution in [1.82, 2.24) is 5.32 Å². The van der Waals surface area contributed by atoms with Crippen molar-refractivity contribution in [3.8, 4) is 0 Å². The zero-order chi connectivity index (χ0) is 13.9. The zero-order valence-corrected chi connectivity index (χ0v) is 13.7. The molecule has 1 aromatic rings. The van der Waals surface area contributed by atoms with Gasteiger partial charge in [0.2, 0.25) is 0 Å². The summed E-state index contributed by atoms with van der Waals surface area (Å²) in [6, 6.07) is 8.83. The van der Waals surface area contributed by atoms with Crippen molar-refractivity contribution in [3.05, 3.63) is 34.3 Å². The van der Waals surface area contributed by atoms with Gasteiger partial charge in [-0.15, -0.1) is 0 Å². The number of unbranched alkanes of at least 4 members (excludes halogenated alkanes) is 3. The van der Waals surface area contributed by atoms with Gasteiger partial charge in [0.25, 0.3) is 0 Å². The van der Waals surface area contributed by atoms with Crippen LogP contribution in [0.15, 0.2) is 28.7 Å². The SMILES string of the molecule is CC(C)NCCCCCCOCc1ccccc1Br. The minimum atomic E-state index is 0.604. The Morgan fingerprint density at radius 3 is 2.58 bits per heavy atom. The Bertz CT molecular complexity index is 341. The maximum Gasteiger partial charge on any atom is 0.0727 e. The summed E-state index contributed by atoms with van der Waals surface area (Å²) in [4.78, 5) is 0. The summed E-state index contributed by atoms with van der Waals surface area (Å²) in [5.74, 6) is 0. The fourth-order valence-corrected chi connectivity index (χ4v) is 2.27. The van der Waals surface area contributed by atoms with Crippen molar-refractivity contribution >= 4 is 15.9 Å². The Labute approximate surface area is 126 Å². The van der Waals surface area contributed by atoms with Gasteiger partial charge in [0.05, 0.1) is 6.61 Å². The van der Waals surface area contributed by atoms with E-state index in [2.05, 4.69) is 47.2 Å². The lowest BCUT2D eigenvalue weighted by Gasteiger charge is -2.08. The third-order valence-electron chi connectivity index (χ3n) is 2.98. The minimum Gasteiger partial charge on any atom is -0.377 e. The summed E-state index contributed by atoms with van der Waals surface area (Å²) in [7, 11) is 0. The van der Waals surface area contributed by atoms with Gasteiger partial charge in [-0.25, -0.2) is 0 Å². The van der Waals surface area contributed by atoms with Gasteiger partial charge in [0, 0.05) is 17.1 Å². The third kappa shape index (κ3) is 8.40. The standard InChI is InChI=1S/C16H26BrNO/c1-14(2)18-11-7-3-4-8-12-19-13-15-9-5-6-10-16(15)17/h5-6,9-10,14,18H,3-4,7-8,11-13H2,1-2H3. The van der Waals surface area contributed by atoms with E-state index in [-0.39, 0.29) is 0 Å². The van der Waals surface area contributed by atoms with Crippen LogP contribution in [0.3, 0.4) is 0 Å². The Balaban J connectivity index is 1.93. The highest BCUT2D eigenvalue weighted by Gasteiger charge is 1.98. The normalized spacial score (nSPS) is 11.2. The maximum atomic E-state index is 5.70. The second kappa shape index (κ2) is 10.4. The molecule has 0 aromatic heterocycles. The number of hydrogen-bond acceptors (Lipinski definition) is 2. The first-order valence-corrected chi connectivity index (χ1v) is 8.04. The minimum absolute atomic E-state index is 0.604. The van der Waals surface area contributed by atoms with Crippen LogP contribution in [0, 0.1) is 0 Å². The molecule has 0 aliphatic carbocycles. The molecule has 1 N–H and O–H groups in total. The molecule has 19 heavy (non-hydrogen) atoms. The number of nitrogens with one attached hydrogen (secondary N) is 1. The summed E-state index contributed by atoms with van der Waals surface area (Å²) >= 11 is 3.53. The van der Waals surface area contributed by atoms with E-state index >= 15 is 0 Å². The molecule has 0 aliphatic heterocycles. The van der Waals surface area contributed by atoms with Gasteiger partial charge in [0.1, 0.15) is 0 Å². The molecule has 0 spiro atoms. The molecule has 0 bridgehead atoms. The highest BCUT2D eigenvalue weighted by molar-refractivity contribution is 9.10. The van der Waals surface area contributed by atoms with Crippen molar-refractivity contribution in [1.29, 1.82) is 0 Å². The molecule has 0 aliphatic rings. The average Bonchev–Trinajstić information content (AvgIpc) is 2.38. The Hall–Kier alpha value is -0.380. The Kier molecular flexibility index (Phi) is 9.14. The van der Waals surface area contributed by atoms with Crippen molar-refractivity contribution in [2.24, 2.45) is 0 Å². The summed E-state index contributed by atoms with van der Waals surface area (Å²) in [5, 5.41) is 3.44. The van der Waals surface area contributed by atoms with Gasteiger partial charge in [-0.05, 0) is 31.0 Å². The molecule has 0 saturated heterocycles. The van der Waals surface area contributed by atoms with E-state index in [4.69, 9.17) is 4.74 Å². The smallest absolute Gasteiger partial charge is 0.0727 e. The van der Waals surface area contributed by atoms with Gasteiger partial charge >= 0.3 is 0 Å². The molecule has 1 rings (SSSR count). The predicted octanol–water partition coefficient (Wildman–Crippen LogP) is 4.52. The Morgan fingerprint density at radius 2 is 1.84 bits per heavy atom. The van der Waals surface area contributed by atoms with Gasteiger partial charge in [-0.2, -0.15) is 0 Å².